The summed E-state index contributed by atoms with van der Waals surface area (Å²) >= 11 is 0. The van der Waals surface area contributed by atoms with Crippen LogP contribution in [-0.2, 0) is 16.6 Å². The van der Waals surface area contributed by atoms with Crippen LogP contribution >= 0.6 is 0 Å². The minimum atomic E-state index is -0.719. The van der Waals surface area contributed by atoms with Crippen molar-refractivity contribution in [1.29, 1.82) is 0 Å². The number of benzene rings is 1. The van der Waals surface area contributed by atoms with E-state index in [1.54, 1.807) is 6.07 Å². The zero-order valence-electron chi connectivity index (χ0n) is 12.7. The van der Waals surface area contributed by atoms with Crippen LogP contribution in [0.1, 0.15) is 32.3 Å². The molecule has 0 bridgehead atoms. The van der Waals surface area contributed by atoms with Crippen molar-refractivity contribution in [2.75, 3.05) is 0 Å². The first-order valence-corrected chi connectivity index (χ1v) is 6.79. The molecule has 4 nitrogen and oxygen atoms in total. The van der Waals surface area contributed by atoms with Gasteiger partial charge in [0.05, 0.1) is 17.8 Å². The molecule has 2 N–H and O–H groups in total. The van der Waals surface area contributed by atoms with Gasteiger partial charge < -0.3 is 5.73 Å². The van der Waals surface area contributed by atoms with Gasteiger partial charge in [0.25, 0.3) is 0 Å². The van der Waals surface area contributed by atoms with Crippen LogP contribution in [-0.4, -0.2) is 15.9 Å². The van der Waals surface area contributed by atoms with Crippen molar-refractivity contribution in [3.05, 3.63) is 47.4 Å². The average molecular weight is 305 g/mol. The first-order chi connectivity index (χ1) is 10.2. The quantitative estimate of drug-likeness (QED) is 0.948. The van der Waals surface area contributed by atoms with E-state index in [0.717, 1.165) is 12.1 Å². The fraction of sp³-hybridized carbons (Fsp3) is 0.312. The normalized spacial score (nSPS) is 11.5. The van der Waals surface area contributed by atoms with Crippen molar-refractivity contribution in [1.82, 2.24) is 9.97 Å². The van der Waals surface area contributed by atoms with E-state index in [1.165, 1.54) is 6.07 Å². The maximum atomic E-state index is 14.0. The van der Waals surface area contributed by atoms with Crippen LogP contribution in [0.4, 0.5) is 8.78 Å². The molecule has 1 aromatic carbocycles. The van der Waals surface area contributed by atoms with Gasteiger partial charge in [0.2, 0.25) is 5.91 Å². The highest BCUT2D eigenvalue weighted by Gasteiger charge is 2.20. The lowest BCUT2D eigenvalue weighted by Gasteiger charge is -2.19. The molecule has 2 rings (SSSR count). The largest absolute Gasteiger partial charge is 0.369 e. The molecule has 0 unspecified atom stereocenters. The topological polar surface area (TPSA) is 68.9 Å². The predicted molar refractivity (Wildman–Crippen MR) is 79.0 cm³/mol. The molecule has 116 valence electrons. The summed E-state index contributed by atoms with van der Waals surface area (Å²) in [5, 5.41) is 0. The first kappa shape index (κ1) is 16.0. The number of rotatable bonds is 3. The number of hydrogen-bond acceptors (Lipinski definition) is 3. The van der Waals surface area contributed by atoms with Crippen molar-refractivity contribution in [2.45, 2.75) is 32.6 Å². The van der Waals surface area contributed by atoms with Crippen LogP contribution in [0.15, 0.2) is 24.3 Å². The van der Waals surface area contributed by atoms with E-state index in [0.29, 0.717) is 11.4 Å². The first-order valence-electron chi connectivity index (χ1n) is 6.79. The lowest BCUT2D eigenvalue weighted by atomic mass is 9.91. The summed E-state index contributed by atoms with van der Waals surface area (Å²) in [6.07, 6.45) is -0.139. The molecule has 22 heavy (non-hydrogen) atoms. The second-order valence-corrected chi connectivity index (χ2v) is 6.07. The summed E-state index contributed by atoms with van der Waals surface area (Å²) in [5.74, 6) is -1.73. The fourth-order valence-corrected chi connectivity index (χ4v) is 1.95. The lowest BCUT2D eigenvalue weighted by Crippen LogP contribution is -2.20. The Hall–Kier alpha value is -2.37. The summed E-state index contributed by atoms with van der Waals surface area (Å²) in [4.78, 5) is 19.6. The maximum Gasteiger partial charge on any atom is 0.225 e. The summed E-state index contributed by atoms with van der Waals surface area (Å²) in [7, 11) is 0. The van der Waals surface area contributed by atoms with Gasteiger partial charge in [-0.1, -0.05) is 20.8 Å². The predicted octanol–water partition coefficient (Wildman–Crippen LogP) is 2.75. The van der Waals surface area contributed by atoms with Gasteiger partial charge in [0.15, 0.2) is 0 Å². The Balaban J connectivity index is 2.61. The molecular weight excluding hydrogens is 288 g/mol. The fourth-order valence-electron chi connectivity index (χ4n) is 1.95. The minimum absolute atomic E-state index is 0.139. The molecule has 0 radical (unpaired) electrons. The number of nitrogens with zero attached hydrogens (tertiary/aromatic N) is 2. The Morgan fingerprint density at radius 3 is 2.41 bits per heavy atom. The van der Waals surface area contributed by atoms with Gasteiger partial charge in [-0.2, -0.15) is 0 Å². The monoisotopic (exact) mass is 305 g/mol. The van der Waals surface area contributed by atoms with Gasteiger partial charge in [0.1, 0.15) is 17.5 Å². The number of primary amides is 1. The molecule has 0 atom stereocenters. The van der Waals surface area contributed by atoms with Gasteiger partial charge in [-0.25, -0.2) is 18.7 Å². The molecular formula is C16H17F2N3O. The van der Waals surface area contributed by atoms with Crippen molar-refractivity contribution in [3.8, 4) is 11.3 Å². The molecule has 0 spiro atoms. The summed E-state index contributed by atoms with van der Waals surface area (Å²) in [6, 6.07) is 4.90. The molecule has 0 saturated heterocycles. The number of hydrogen-bond donors (Lipinski definition) is 1. The lowest BCUT2D eigenvalue weighted by molar-refractivity contribution is -0.117. The average Bonchev–Trinajstić information content (AvgIpc) is 2.36. The molecule has 1 heterocycles. The third-order valence-electron chi connectivity index (χ3n) is 3.08. The number of halogens is 2. The Bertz CT molecular complexity index is 724. The van der Waals surface area contributed by atoms with E-state index in [9.17, 15) is 13.6 Å². The van der Waals surface area contributed by atoms with E-state index in [-0.39, 0.29) is 23.2 Å². The Labute approximate surface area is 127 Å². The van der Waals surface area contributed by atoms with Crippen LogP contribution in [0, 0.1) is 11.6 Å². The smallest absolute Gasteiger partial charge is 0.225 e. The van der Waals surface area contributed by atoms with E-state index in [4.69, 9.17) is 5.73 Å². The van der Waals surface area contributed by atoms with Crippen molar-refractivity contribution in [3.63, 3.8) is 0 Å². The van der Waals surface area contributed by atoms with Crippen molar-refractivity contribution < 1.29 is 13.6 Å². The van der Waals surface area contributed by atoms with Crippen LogP contribution in [0.5, 0.6) is 0 Å². The maximum absolute atomic E-state index is 14.0. The molecule has 1 amide bonds. The molecule has 0 aliphatic rings. The highest BCUT2D eigenvalue weighted by Crippen LogP contribution is 2.27. The molecule has 0 aliphatic carbocycles. The van der Waals surface area contributed by atoms with E-state index < -0.39 is 17.5 Å². The SMILES string of the molecule is CC(C)(C)c1cc(-c2ccc(F)cc2F)nc(CC(N)=O)n1. The molecule has 1 aromatic heterocycles. The third-order valence-corrected chi connectivity index (χ3v) is 3.08. The summed E-state index contributed by atoms with van der Waals surface area (Å²) < 4.78 is 27.0. The molecule has 6 heteroatoms. The van der Waals surface area contributed by atoms with Crippen LogP contribution in [0.3, 0.4) is 0 Å². The highest BCUT2D eigenvalue weighted by molar-refractivity contribution is 5.76. The third kappa shape index (κ3) is 3.63. The van der Waals surface area contributed by atoms with Crippen LogP contribution in [0.2, 0.25) is 0 Å². The second-order valence-electron chi connectivity index (χ2n) is 6.07. The number of aromatic nitrogens is 2. The number of nitrogens with two attached hydrogens (primary N) is 1. The number of carbonyl (C=O) groups excluding carboxylic acids is 1. The minimum Gasteiger partial charge on any atom is -0.369 e. The standard InChI is InChI=1S/C16H17F2N3O/c1-16(2,3)13-7-12(20-15(21-13)8-14(19)22)10-5-4-9(17)6-11(10)18/h4-7H,8H2,1-3H3,(H2,19,22). The zero-order valence-corrected chi connectivity index (χ0v) is 12.7. The summed E-state index contributed by atoms with van der Waals surface area (Å²) in [6.45, 7) is 5.82. The van der Waals surface area contributed by atoms with Crippen LogP contribution in [0.25, 0.3) is 11.3 Å². The van der Waals surface area contributed by atoms with E-state index in [1.807, 2.05) is 20.8 Å². The molecule has 0 fully saturated rings. The van der Waals surface area contributed by atoms with Crippen molar-refractivity contribution >= 4 is 5.91 Å². The molecule has 2 aromatic rings. The number of carbonyl (C=O) groups is 1. The van der Waals surface area contributed by atoms with E-state index in [2.05, 4.69) is 9.97 Å². The summed E-state index contributed by atoms with van der Waals surface area (Å²) in [5.41, 5.74) is 5.96. The Kier molecular flexibility index (Phi) is 4.21. The van der Waals surface area contributed by atoms with Crippen molar-refractivity contribution in [2.24, 2.45) is 5.73 Å². The van der Waals surface area contributed by atoms with Gasteiger partial charge in [-0.3, -0.25) is 4.79 Å². The van der Waals surface area contributed by atoms with E-state index >= 15 is 0 Å². The van der Waals surface area contributed by atoms with Gasteiger partial charge in [-0.15, -0.1) is 0 Å². The van der Waals surface area contributed by atoms with Gasteiger partial charge in [-0.05, 0) is 18.2 Å². The van der Waals surface area contributed by atoms with Gasteiger partial charge in [0, 0.05) is 17.0 Å². The molecule has 0 aliphatic heterocycles. The zero-order chi connectivity index (χ0) is 16.5. The van der Waals surface area contributed by atoms with Gasteiger partial charge >= 0.3 is 0 Å². The van der Waals surface area contributed by atoms with Crippen LogP contribution < -0.4 is 5.73 Å². The molecule has 0 saturated carbocycles. The Morgan fingerprint density at radius 1 is 1.18 bits per heavy atom. The number of amides is 1. The second kappa shape index (κ2) is 5.79. The Morgan fingerprint density at radius 2 is 1.86 bits per heavy atom. The highest BCUT2D eigenvalue weighted by atomic mass is 19.1.